The Hall–Kier alpha value is -0.570. The topological polar surface area (TPSA) is 12.0 Å². The standard InChI is InChI=1S/C12H15BrFN/c1-8-6-10(13)11(14)7-12(8)15-5-4-9-2-3-9/h6-7,9,15H,2-5H2,1H3. The van der Waals surface area contributed by atoms with Gasteiger partial charge in [-0.3, -0.25) is 0 Å². The van der Waals surface area contributed by atoms with E-state index in [0.717, 1.165) is 23.7 Å². The minimum Gasteiger partial charge on any atom is -0.385 e. The second-order valence-electron chi connectivity index (χ2n) is 4.24. The second kappa shape index (κ2) is 4.52. The first-order chi connectivity index (χ1) is 7.16. The average Bonchev–Trinajstić information content (AvgIpc) is 2.97. The highest BCUT2D eigenvalue weighted by Gasteiger charge is 2.20. The lowest BCUT2D eigenvalue weighted by Crippen LogP contribution is -2.04. The molecule has 0 unspecified atom stereocenters. The Morgan fingerprint density at radius 3 is 2.87 bits per heavy atom. The molecule has 0 radical (unpaired) electrons. The van der Waals surface area contributed by atoms with Gasteiger partial charge in [-0.15, -0.1) is 0 Å². The van der Waals surface area contributed by atoms with E-state index in [0.29, 0.717) is 4.47 Å². The van der Waals surface area contributed by atoms with Crippen LogP contribution >= 0.6 is 15.9 Å². The van der Waals surface area contributed by atoms with Crippen LogP contribution < -0.4 is 5.32 Å². The minimum atomic E-state index is -0.200. The van der Waals surface area contributed by atoms with Crippen molar-refractivity contribution >= 4 is 21.6 Å². The molecule has 1 nitrogen and oxygen atoms in total. The molecule has 82 valence electrons. The fourth-order valence-electron chi connectivity index (χ4n) is 1.65. The van der Waals surface area contributed by atoms with E-state index >= 15 is 0 Å². The first-order valence-electron chi connectivity index (χ1n) is 5.36. The van der Waals surface area contributed by atoms with Crippen molar-refractivity contribution in [2.75, 3.05) is 11.9 Å². The molecule has 0 heterocycles. The lowest BCUT2D eigenvalue weighted by molar-refractivity contribution is 0.621. The molecule has 1 aliphatic rings. The first kappa shape index (κ1) is 10.9. The molecule has 1 aromatic rings. The quantitative estimate of drug-likeness (QED) is 0.869. The molecule has 1 aromatic carbocycles. The molecule has 0 saturated heterocycles. The van der Waals surface area contributed by atoms with Crippen LogP contribution in [-0.4, -0.2) is 6.54 Å². The van der Waals surface area contributed by atoms with Gasteiger partial charge in [-0.05, 0) is 52.9 Å². The van der Waals surface area contributed by atoms with Crippen molar-refractivity contribution in [1.29, 1.82) is 0 Å². The molecule has 1 N–H and O–H groups in total. The normalized spacial score (nSPS) is 15.4. The van der Waals surface area contributed by atoms with Crippen LogP contribution in [0.25, 0.3) is 0 Å². The van der Waals surface area contributed by atoms with Gasteiger partial charge in [0.25, 0.3) is 0 Å². The Labute approximate surface area is 98.2 Å². The van der Waals surface area contributed by atoms with Crippen molar-refractivity contribution in [3.63, 3.8) is 0 Å². The van der Waals surface area contributed by atoms with E-state index in [1.165, 1.54) is 19.3 Å². The zero-order chi connectivity index (χ0) is 10.8. The Morgan fingerprint density at radius 2 is 2.20 bits per heavy atom. The van der Waals surface area contributed by atoms with Gasteiger partial charge in [0.1, 0.15) is 5.82 Å². The summed E-state index contributed by atoms with van der Waals surface area (Å²) in [6.45, 7) is 2.94. The summed E-state index contributed by atoms with van der Waals surface area (Å²) in [4.78, 5) is 0. The van der Waals surface area contributed by atoms with Crippen molar-refractivity contribution in [3.8, 4) is 0 Å². The molecule has 0 atom stereocenters. The monoisotopic (exact) mass is 271 g/mol. The van der Waals surface area contributed by atoms with Crippen molar-refractivity contribution in [3.05, 3.63) is 28.0 Å². The molecule has 0 amide bonds. The SMILES string of the molecule is Cc1cc(Br)c(F)cc1NCCC1CC1. The molecule has 1 fully saturated rings. The molecule has 0 aromatic heterocycles. The van der Waals surface area contributed by atoms with Gasteiger partial charge in [-0.25, -0.2) is 4.39 Å². The average molecular weight is 272 g/mol. The molecule has 3 heteroatoms. The highest BCUT2D eigenvalue weighted by Crippen LogP contribution is 2.32. The first-order valence-corrected chi connectivity index (χ1v) is 6.15. The summed E-state index contributed by atoms with van der Waals surface area (Å²) in [6, 6.07) is 3.38. The molecule has 0 aliphatic heterocycles. The zero-order valence-corrected chi connectivity index (χ0v) is 10.4. The summed E-state index contributed by atoms with van der Waals surface area (Å²) < 4.78 is 13.8. The lowest BCUT2D eigenvalue weighted by Gasteiger charge is -2.10. The van der Waals surface area contributed by atoms with Crippen LogP contribution in [0.15, 0.2) is 16.6 Å². The van der Waals surface area contributed by atoms with Crippen LogP contribution in [0.2, 0.25) is 0 Å². The molecule has 0 spiro atoms. The summed E-state index contributed by atoms with van der Waals surface area (Å²) in [5.74, 6) is 0.715. The van der Waals surface area contributed by atoms with Crippen LogP contribution in [-0.2, 0) is 0 Å². The number of nitrogens with one attached hydrogen (secondary N) is 1. The van der Waals surface area contributed by atoms with Crippen molar-refractivity contribution in [2.45, 2.75) is 26.2 Å². The van der Waals surface area contributed by atoms with E-state index in [4.69, 9.17) is 0 Å². The van der Waals surface area contributed by atoms with Gasteiger partial charge in [0, 0.05) is 12.2 Å². The number of hydrogen-bond donors (Lipinski definition) is 1. The van der Waals surface area contributed by atoms with Crippen LogP contribution in [0.5, 0.6) is 0 Å². The van der Waals surface area contributed by atoms with Crippen LogP contribution in [0.3, 0.4) is 0 Å². The van der Waals surface area contributed by atoms with Gasteiger partial charge in [0.05, 0.1) is 4.47 Å². The van der Waals surface area contributed by atoms with Crippen LogP contribution in [0.1, 0.15) is 24.8 Å². The molecular weight excluding hydrogens is 257 g/mol. The molecule has 1 saturated carbocycles. The Bertz CT molecular complexity index is 361. The summed E-state index contributed by atoms with van der Waals surface area (Å²) >= 11 is 3.18. The van der Waals surface area contributed by atoms with Crippen molar-refractivity contribution in [1.82, 2.24) is 0 Å². The highest BCUT2D eigenvalue weighted by molar-refractivity contribution is 9.10. The largest absolute Gasteiger partial charge is 0.385 e. The Kier molecular flexibility index (Phi) is 3.29. The smallest absolute Gasteiger partial charge is 0.139 e. The third-order valence-corrected chi connectivity index (χ3v) is 3.44. The Balaban J connectivity index is 1.96. The number of rotatable bonds is 4. The predicted molar refractivity (Wildman–Crippen MR) is 64.7 cm³/mol. The fourth-order valence-corrected chi connectivity index (χ4v) is 2.11. The van der Waals surface area contributed by atoms with E-state index in [9.17, 15) is 4.39 Å². The second-order valence-corrected chi connectivity index (χ2v) is 5.09. The van der Waals surface area contributed by atoms with Gasteiger partial charge >= 0.3 is 0 Å². The fraction of sp³-hybridized carbons (Fsp3) is 0.500. The van der Waals surface area contributed by atoms with Gasteiger partial charge in [-0.1, -0.05) is 12.8 Å². The van der Waals surface area contributed by atoms with Gasteiger partial charge in [-0.2, -0.15) is 0 Å². The third-order valence-electron chi connectivity index (χ3n) is 2.83. The summed E-state index contributed by atoms with van der Waals surface area (Å²) in [7, 11) is 0. The third kappa shape index (κ3) is 2.94. The summed E-state index contributed by atoms with van der Waals surface area (Å²) in [5, 5.41) is 3.29. The minimum absolute atomic E-state index is 0.200. The van der Waals surface area contributed by atoms with E-state index < -0.39 is 0 Å². The number of aryl methyl sites for hydroxylation is 1. The number of benzene rings is 1. The maximum atomic E-state index is 13.3. The predicted octanol–water partition coefficient (Wildman–Crippen LogP) is 4.11. The maximum absolute atomic E-state index is 13.3. The number of anilines is 1. The van der Waals surface area contributed by atoms with Crippen LogP contribution in [0, 0.1) is 18.7 Å². The molecular formula is C12H15BrFN. The number of halogens is 2. The van der Waals surface area contributed by atoms with Crippen molar-refractivity contribution < 1.29 is 4.39 Å². The molecule has 2 rings (SSSR count). The van der Waals surface area contributed by atoms with Gasteiger partial charge in [0.2, 0.25) is 0 Å². The Morgan fingerprint density at radius 1 is 1.47 bits per heavy atom. The maximum Gasteiger partial charge on any atom is 0.139 e. The molecule has 15 heavy (non-hydrogen) atoms. The van der Waals surface area contributed by atoms with Crippen molar-refractivity contribution in [2.24, 2.45) is 5.92 Å². The van der Waals surface area contributed by atoms with E-state index in [2.05, 4.69) is 21.2 Å². The zero-order valence-electron chi connectivity index (χ0n) is 8.82. The van der Waals surface area contributed by atoms with Gasteiger partial charge in [0.15, 0.2) is 0 Å². The van der Waals surface area contributed by atoms with Gasteiger partial charge < -0.3 is 5.32 Å². The molecule has 0 bridgehead atoms. The number of hydrogen-bond acceptors (Lipinski definition) is 1. The lowest BCUT2D eigenvalue weighted by atomic mass is 10.2. The molecule has 1 aliphatic carbocycles. The summed E-state index contributed by atoms with van der Waals surface area (Å²) in [5.41, 5.74) is 2.00. The van der Waals surface area contributed by atoms with E-state index in [1.54, 1.807) is 6.07 Å². The van der Waals surface area contributed by atoms with Crippen LogP contribution in [0.4, 0.5) is 10.1 Å². The van der Waals surface area contributed by atoms with E-state index in [-0.39, 0.29) is 5.82 Å². The summed E-state index contributed by atoms with van der Waals surface area (Å²) in [6.07, 6.45) is 3.95. The van der Waals surface area contributed by atoms with E-state index in [1.807, 2.05) is 13.0 Å². The highest BCUT2D eigenvalue weighted by atomic mass is 79.9.